The van der Waals surface area contributed by atoms with Crippen LogP contribution in [-0.2, 0) is 28.4 Å². The third-order valence-electron chi connectivity index (χ3n) is 14.1. The molecule has 0 aliphatic carbocycles. The number of rotatable bonds is 0. The largest absolute Gasteiger partial charge is 0.452 e. The molecule has 0 unspecified atom stereocenters. The van der Waals surface area contributed by atoms with Crippen molar-refractivity contribution in [1.29, 1.82) is 0 Å². The average molecular weight is 1310 g/mol. The van der Waals surface area contributed by atoms with Crippen molar-refractivity contribution >= 4 is 173 Å². The van der Waals surface area contributed by atoms with Crippen molar-refractivity contribution in [2.45, 2.75) is 0 Å². The van der Waals surface area contributed by atoms with E-state index in [1.54, 1.807) is 72.8 Å². The van der Waals surface area contributed by atoms with Crippen LogP contribution in [0.2, 0.25) is 0 Å². The van der Waals surface area contributed by atoms with Crippen LogP contribution in [0.25, 0.3) is 65.4 Å². The van der Waals surface area contributed by atoms with Crippen LogP contribution in [0.1, 0.15) is 0 Å². The van der Waals surface area contributed by atoms with Gasteiger partial charge in [-0.25, -0.2) is 43.7 Å². The smallest absolute Gasteiger partial charge is 0.414 e. The zero-order valence-electron chi connectivity index (χ0n) is 50.5. The van der Waals surface area contributed by atoms with Gasteiger partial charge in [0, 0.05) is 32.3 Å². The number of carbonyl (C=O) groups is 6. The predicted molar refractivity (Wildman–Crippen MR) is 365 cm³/mol. The quantitative estimate of drug-likeness (QED) is 0.0784. The summed E-state index contributed by atoms with van der Waals surface area (Å²) < 4.78 is 30.8. The monoisotopic (exact) mass is 1310 g/mol. The van der Waals surface area contributed by atoms with Crippen molar-refractivity contribution in [1.82, 2.24) is 15.0 Å². The van der Waals surface area contributed by atoms with Crippen molar-refractivity contribution < 1.29 is 57.2 Å². The molecule has 1 aliphatic heterocycles. The molecule has 0 N–H and O–H groups in total. The summed E-state index contributed by atoms with van der Waals surface area (Å²) in [5.41, 5.74) is 5.69. The van der Waals surface area contributed by atoms with Gasteiger partial charge in [0.05, 0.1) is 149 Å². The molecular formula is C69H54Cl3N9O12. The van der Waals surface area contributed by atoms with E-state index in [0.717, 1.165) is 32.3 Å². The second kappa shape index (κ2) is 31.6. The standard InChI is InChI=1S/C69H51N9O12.3ClH/c1-85-64(79)73-31-13-7-8-14-32-74(65(80)86-2)54-27-21-48-38-49-22-28-55(43-61(49)71-60(48)42-54)77(68(83)89-5)35-17-11-12-18-36-78(69(84)90-6)57-30-24-51-39-50-23-29-56(44-62(50)72-63(51)45-57)76(67(82)88-4)34-16-10-9-15-33-75(66(81)87-3)53-26-20-47-37-46-19-25-52(73)40-58(46)70-59(47)41-53;;;/h19-30,37-45H,31-36H2,1-6H3;3*1H. The predicted octanol–water partition coefficient (Wildman–Crippen LogP) is 11.9. The van der Waals surface area contributed by atoms with Gasteiger partial charge in [0.15, 0.2) is 0 Å². The van der Waals surface area contributed by atoms with Gasteiger partial charge in [-0.3, -0.25) is 29.4 Å². The lowest BCUT2D eigenvalue weighted by molar-refractivity contribution is 0.178. The first-order valence-electron chi connectivity index (χ1n) is 27.4. The van der Waals surface area contributed by atoms with Crippen LogP contribution < -0.4 is 29.4 Å². The second-order valence-corrected chi connectivity index (χ2v) is 19.4. The maximum Gasteiger partial charge on any atom is 0.414 e. The van der Waals surface area contributed by atoms with Crippen molar-refractivity contribution in [3.05, 3.63) is 127 Å². The number of hydrogen-bond donors (Lipinski definition) is 0. The minimum atomic E-state index is -0.691. The van der Waals surface area contributed by atoms with Gasteiger partial charge in [0.25, 0.3) is 0 Å². The van der Waals surface area contributed by atoms with Crippen LogP contribution in [0, 0.1) is 71.0 Å². The highest BCUT2D eigenvalue weighted by atomic mass is 35.5. The fraction of sp³-hybridized carbons (Fsp3) is 0.174. The molecule has 21 nitrogen and oxygen atoms in total. The van der Waals surface area contributed by atoms with Crippen LogP contribution >= 0.6 is 37.2 Å². The van der Waals surface area contributed by atoms with Gasteiger partial charge in [0.2, 0.25) is 0 Å². The van der Waals surface area contributed by atoms with Gasteiger partial charge >= 0.3 is 36.6 Å². The molecule has 0 fully saturated rings. The van der Waals surface area contributed by atoms with E-state index >= 15 is 0 Å². The van der Waals surface area contributed by atoms with E-state index in [0.29, 0.717) is 67.2 Å². The van der Waals surface area contributed by atoms with Crippen LogP contribution in [0.15, 0.2) is 127 Å². The number of hydrogen-bond acceptors (Lipinski definition) is 15. The second-order valence-electron chi connectivity index (χ2n) is 19.4. The Morgan fingerprint density at radius 1 is 0.269 bits per heavy atom. The minimum absolute atomic E-state index is 0. The van der Waals surface area contributed by atoms with Gasteiger partial charge in [-0.05, 0) is 127 Å². The molecule has 468 valence electrons. The summed E-state index contributed by atoms with van der Waals surface area (Å²) in [5.74, 6) is 34.0. The average Bonchev–Trinajstić information content (AvgIpc) is 0.814. The Hall–Kier alpha value is -11.8. The molecule has 1 aliphatic rings. The SMILES string of the molecule is COC(=O)N1CC#CC#CCN(C(=O)OC)c2ccc3cc4ccc(cc4nc3c2)N(C(=O)OC)CC#CC#CCN(C(=O)OC)c2ccc3cc4ccc(cc4nc3c2)N(C(=O)OC)CC#CC#CCN(C(=O)OC)c2ccc3cc4ccc1cc4nc3c2.Cl.Cl.Cl. The summed E-state index contributed by atoms with van der Waals surface area (Å²) in [5, 5.41) is 4.59. The molecule has 4 heterocycles. The highest BCUT2D eigenvalue weighted by Crippen LogP contribution is 2.32. The van der Waals surface area contributed by atoms with E-state index in [1.807, 2.05) is 54.6 Å². The number of carbonyl (C=O) groups excluding carboxylic acids is 6. The molecule has 6 amide bonds. The summed E-state index contributed by atoms with van der Waals surface area (Å²) in [7, 11) is 7.52. The molecular weight excluding hydrogens is 1250 g/mol. The molecule has 6 aromatic carbocycles. The number of halogens is 3. The first kappa shape index (κ1) is 68.7. The summed E-state index contributed by atoms with van der Waals surface area (Å²) in [4.78, 5) is 102. The Balaban J connectivity index is 0.00000408. The molecule has 0 radical (unpaired) electrons. The molecule has 12 bridgehead atoms. The third-order valence-corrected chi connectivity index (χ3v) is 14.1. The molecule has 0 saturated heterocycles. The molecule has 10 rings (SSSR count). The number of nitrogens with zero attached hydrogens (tertiary/aromatic N) is 9. The van der Waals surface area contributed by atoms with Gasteiger partial charge in [-0.2, -0.15) is 0 Å². The van der Waals surface area contributed by atoms with E-state index in [1.165, 1.54) is 72.1 Å². The van der Waals surface area contributed by atoms with Crippen LogP contribution in [0.5, 0.6) is 0 Å². The van der Waals surface area contributed by atoms with Crippen molar-refractivity contribution in [2.75, 3.05) is 111 Å². The number of methoxy groups -OCH3 is 6. The zero-order chi connectivity index (χ0) is 63.3. The molecule has 24 heteroatoms. The first-order chi connectivity index (χ1) is 43.8. The molecule has 0 saturated carbocycles. The Morgan fingerprint density at radius 2 is 0.419 bits per heavy atom. The van der Waals surface area contributed by atoms with E-state index in [9.17, 15) is 28.8 Å². The van der Waals surface area contributed by atoms with E-state index < -0.39 is 36.6 Å². The summed E-state index contributed by atoms with van der Waals surface area (Å²) >= 11 is 0. The maximum absolute atomic E-state index is 13.2. The highest BCUT2D eigenvalue weighted by molar-refractivity contribution is 6.03. The number of benzene rings is 6. The summed E-state index contributed by atoms with van der Waals surface area (Å²) in [6.45, 7) is -0.756. The van der Waals surface area contributed by atoms with Crippen LogP contribution in [0.4, 0.5) is 62.9 Å². The van der Waals surface area contributed by atoms with Crippen molar-refractivity contribution in [2.24, 2.45) is 0 Å². The molecule has 0 spiro atoms. The number of ether oxygens (including phenoxy) is 6. The number of amides is 6. The lowest BCUT2D eigenvalue weighted by Gasteiger charge is -2.20. The van der Waals surface area contributed by atoms with Crippen LogP contribution in [-0.4, -0.2) is 133 Å². The van der Waals surface area contributed by atoms with E-state index in [-0.39, 0.29) is 76.5 Å². The number of fused-ring (bicyclic) bond motifs is 6. The Morgan fingerprint density at radius 3 is 0.559 bits per heavy atom. The lowest BCUT2D eigenvalue weighted by Crippen LogP contribution is -2.31. The van der Waals surface area contributed by atoms with E-state index in [4.69, 9.17) is 43.4 Å². The van der Waals surface area contributed by atoms with Gasteiger partial charge < -0.3 is 28.4 Å². The number of aromatic nitrogens is 3. The topological polar surface area (TPSA) is 216 Å². The molecule has 0 atom stereocenters. The zero-order valence-corrected chi connectivity index (χ0v) is 53.0. The fourth-order valence-corrected chi connectivity index (χ4v) is 9.61. The summed E-state index contributed by atoms with van der Waals surface area (Å²) in [6.07, 6.45) is -4.14. The Labute approximate surface area is 552 Å². The lowest BCUT2D eigenvalue weighted by atomic mass is 10.1. The number of anilines is 6. The Bertz CT molecular complexity index is 4090. The first-order valence-corrected chi connectivity index (χ1v) is 27.4. The molecule has 93 heavy (non-hydrogen) atoms. The van der Waals surface area contributed by atoms with Crippen LogP contribution in [0.3, 0.4) is 0 Å². The minimum Gasteiger partial charge on any atom is -0.452 e. The Kier molecular flexibility index (Phi) is 23.3. The normalized spacial score (nSPS) is 12.5. The van der Waals surface area contributed by atoms with E-state index in [2.05, 4.69) is 71.0 Å². The number of pyridine rings is 3. The molecule has 3 aromatic heterocycles. The van der Waals surface area contributed by atoms with Gasteiger partial charge in [0.1, 0.15) is 0 Å². The third kappa shape index (κ3) is 15.6. The van der Waals surface area contributed by atoms with Gasteiger partial charge in [-0.1, -0.05) is 71.9 Å². The highest BCUT2D eigenvalue weighted by Gasteiger charge is 2.23. The maximum atomic E-state index is 13.2. The summed E-state index contributed by atoms with van der Waals surface area (Å²) in [6, 6.07) is 37.4. The van der Waals surface area contributed by atoms with Gasteiger partial charge in [-0.15, -0.1) is 37.2 Å². The molecule has 9 aromatic rings. The fourth-order valence-electron chi connectivity index (χ4n) is 9.61. The van der Waals surface area contributed by atoms with Crippen molar-refractivity contribution in [3.8, 4) is 71.0 Å². The van der Waals surface area contributed by atoms with Crippen molar-refractivity contribution in [3.63, 3.8) is 0 Å².